The van der Waals surface area contributed by atoms with Crippen LogP contribution < -0.4 is 19.1 Å². The van der Waals surface area contributed by atoms with Crippen molar-refractivity contribution in [3.63, 3.8) is 0 Å². The highest BCUT2D eigenvalue weighted by molar-refractivity contribution is 7.92. The van der Waals surface area contributed by atoms with E-state index in [0.717, 1.165) is 4.31 Å². The second-order valence-electron chi connectivity index (χ2n) is 8.94. The third-order valence-electron chi connectivity index (χ3n) is 6.37. The maximum Gasteiger partial charge on any atom is 0.264 e. The molecular weight excluding hydrogens is 589 g/mol. The van der Waals surface area contributed by atoms with Crippen molar-refractivity contribution in [1.29, 1.82) is 0 Å². The van der Waals surface area contributed by atoms with Gasteiger partial charge in [-0.2, -0.15) is 0 Å². The molecule has 2 amide bonds. The van der Waals surface area contributed by atoms with Crippen LogP contribution in [0.1, 0.15) is 25.8 Å². The number of likely N-dealkylation sites (N-methyl/N-ethyl adjacent to an activating group) is 1. The monoisotopic (exact) mass is 621 g/mol. The SMILES string of the molecule is CCNC(=O)C(CC)N(Cc1ccc(Cl)cc1Cl)C(=O)CN(c1ccccc1OC)S(=O)(=O)c1ccc(OC)cc1. The van der Waals surface area contributed by atoms with Gasteiger partial charge < -0.3 is 19.7 Å². The maximum atomic E-state index is 14.1. The molecule has 0 aliphatic heterocycles. The van der Waals surface area contributed by atoms with Crippen LogP contribution in [0.3, 0.4) is 0 Å². The molecule has 12 heteroatoms. The van der Waals surface area contributed by atoms with Gasteiger partial charge in [0.1, 0.15) is 24.1 Å². The Morgan fingerprint density at radius 2 is 1.63 bits per heavy atom. The maximum absolute atomic E-state index is 14.1. The Morgan fingerprint density at radius 1 is 0.951 bits per heavy atom. The van der Waals surface area contributed by atoms with E-state index in [1.807, 2.05) is 0 Å². The van der Waals surface area contributed by atoms with Crippen molar-refractivity contribution in [3.05, 3.63) is 82.3 Å². The first kappa shape index (κ1) is 32.0. The molecule has 220 valence electrons. The summed E-state index contributed by atoms with van der Waals surface area (Å²) < 4.78 is 39.7. The Hall–Kier alpha value is -3.47. The lowest BCUT2D eigenvalue weighted by atomic mass is 10.1. The van der Waals surface area contributed by atoms with Gasteiger partial charge in [0, 0.05) is 23.1 Å². The summed E-state index contributed by atoms with van der Waals surface area (Å²) in [5, 5.41) is 3.49. The van der Waals surface area contributed by atoms with Crippen LogP contribution in [0.2, 0.25) is 10.0 Å². The molecule has 1 atom stereocenters. The number of nitrogens with zero attached hydrogens (tertiary/aromatic N) is 2. The summed E-state index contributed by atoms with van der Waals surface area (Å²) in [7, 11) is -1.40. The van der Waals surface area contributed by atoms with Gasteiger partial charge >= 0.3 is 0 Å². The Kier molecular flexibility index (Phi) is 11.3. The van der Waals surface area contributed by atoms with Crippen molar-refractivity contribution in [3.8, 4) is 11.5 Å². The average molecular weight is 623 g/mol. The third-order valence-corrected chi connectivity index (χ3v) is 8.73. The number of carbonyl (C=O) groups is 2. The van der Waals surface area contributed by atoms with Gasteiger partial charge in [-0.15, -0.1) is 0 Å². The predicted molar refractivity (Wildman–Crippen MR) is 160 cm³/mol. The number of ether oxygens (including phenoxy) is 2. The third kappa shape index (κ3) is 7.63. The number of amides is 2. The van der Waals surface area contributed by atoms with E-state index in [4.69, 9.17) is 32.7 Å². The van der Waals surface area contributed by atoms with Crippen LogP contribution in [0.4, 0.5) is 5.69 Å². The zero-order valence-electron chi connectivity index (χ0n) is 23.3. The number of nitrogens with one attached hydrogen (secondary N) is 1. The molecular formula is C29H33Cl2N3O6S. The minimum Gasteiger partial charge on any atom is -0.497 e. The number of hydrogen-bond donors (Lipinski definition) is 1. The molecule has 41 heavy (non-hydrogen) atoms. The average Bonchev–Trinajstić information content (AvgIpc) is 2.96. The van der Waals surface area contributed by atoms with Crippen LogP contribution in [0.25, 0.3) is 0 Å². The molecule has 0 saturated carbocycles. The fraction of sp³-hybridized carbons (Fsp3) is 0.310. The lowest BCUT2D eigenvalue weighted by molar-refractivity contribution is -0.140. The molecule has 1 N–H and O–H groups in total. The van der Waals surface area contributed by atoms with E-state index in [1.54, 1.807) is 56.3 Å². The van der Waals surface area contributed by atoms with Gasteiger partial charge in [0.15, 0.2) is 0 Å². The van der Waals surface area contributed by atoms with Crippen LogP contribution in [0.5, 0.6) is 11.5 Å². The van der Waals surface area contributed by atoms with E-state index in [0.29, 0.717) is 27.9 Å². The highest BCUT2D eigenvalue weighted by atomic mass is 35.5. The number of rotatable bonds is 13. The molecule has 0 radical (unpaired) electrons. The van der Waals surface area contributed by atoms with E-state index >= 15 is 0 Å². The summed E-state index contributed by atoms with van der Waals surface area (Å²) in [5.41, 5.74) is 0.712. The first-order valence-electron chi connectivity index (χ1n) is 12.9. The van der Waals surface area contributed by atoms with Crippen molar-refractivity contribution >= 4 is 50.7 Å². The molecule has 0 spiro atoms. The topological polar surface area (TPSA) is 105 Å². The Balaban J connectivity index is 2.12. The van der Waals surface area contributed by atoms with Crippen LogP contribution in [0, 0.1) is 0 Å². The van der Waals surface area contributed by atoms with E-state index < -0.39 is 28.5 Å². The van der Waals surface area contributed by atoms with Crippen LogP contribution >= 0.6 is 23.2 Å². The largest absolute Gasteiger partial charge is 0.497 e. The minimum atomic E-state index is -4.28. The molecule has 0 heterocycles. The molecule has 0 aromatic heterocycles. The first-order valence-corrected chi connectivity index (χ1v) is 15.1. The molecule has 0 saturated heterocycles. The number of carbonyl (C=O) groups excluding carboxylic acids is 2. The molecule has 1 unspecified atom stereocenters. The van der Waals surface area contributed by atoms with E-state index in [-0.39, 0.29) is 35.2 Å². The smallest absolute Gasteiger partial charge is 0.264 e. The highest BCUT2D eigenvalue weighted by Gasteiger charge is 2.34. The predicted octanol–water partition coefficient (Wildman–Crippen LogP) is 5.15. The fourth-order valence-electron chi connectivity index (χ4n) is 4.27. The van der Waals surface area contributed by atoms with Gasteiger partial charge in [0.05, 0.1) is 24.8 Å². The summed E-state index contributed by atoms with van der Waals surface area (Å²) in [6, 6.07) is 16.3. The van der Waals surface area contributed by atoms with E-state index in [9.17, 15) is 18.0 Å². The van der Waals surface area contributed by atoms with Crippen LogP contribution in [0.15, 0.2) is 71.6 Å². The Morgan fingerprint density at radius 3 is 2.22 bits per heavy atom. The highest BCUT2D eigenvalue weighted by Crippen LogP contribution is 2.33. The summed E-state index contributed by atoms with van der Waals surface area (Å²) >= 11 is 12.5. The number of methoxy groups -OCH3 is 2. The second kappa shape index (κ2) is 14.4. The van der Waals surface area contributed by atoms with Gasteiger partial charge in [-0.1, -0.05) is 48.3 Å². The first-order chi connectivity index (χ1) is 19.6. The summed E-state index contributed by atoms with van der Waals surface area (Å²) in [5.74, 6) is -0.254. The molecule has 0 fully saturated rings. The lowest BCUT2D eigenvalue weighted by Gasteiger charge is -2.33. The number of benzene rings is 3. The van der Waals surface area contributed by atoms with Crippen molar-refractivity contribution in [1.82, 2.24) is 10.2 Å². The normalized spacial score (nSPS) is 11.9. The van der Waals surface area contributed by atoms with E-state index in [2.05, 4.69) is 5.32 Å². The lowest BCUT2D eigenvalue weighted by Crippen LogP contribution is -2.52. The van der Waals surface area contributed by atoms with Gasteiger partial charge in [-0.25, -0.2) is 8.42 Å². The molecule has 0 aliphatic rings. The van der Waals surface area contributed by atoms with Crippen molar-refractivity contribution < 1.29 is 27.5 Å². The quantitative estimate of drug-likeness (QED) is 0.283. The summed E-state index contributed by atoms with van der Waals surface area (Å²) in [6.45, 7) is 3.24. The number of hydrogen-bond acceptors (Lipinski definition) is 6. The summed E-state index contributed by atoms with van der Waals surface area (Å²) in [6.07, 6.45) is 0.280. The van der Waals surface area contributed by atoms with Gasteiger partial charge in [0.2, 0.25) is 11.8 Å². The Labute approximate surface area is 251 Å². The number of sulfonamides is 1. The Bertz CT molecular complexity index is 1470. The zero-order chi connectivity index (χ0) is 30.2. The van der Waals surface area contributed by atoms with Crippen molar-refractivity contribution in [2.24, 2.45) is 0 Å². The molecule has 0 bridgehead atoms. The second-order valence-corrected chi connectivity index (χ2v) is 11.6. The fourth-order valence-corrected chi connectivity index (χ4v) is 6.16. The molecule has 3 rings (SSSR count). The molecule has 3 aromatic rings. The number of anilines is 1. The van der Waals surface area contributed by atoms with E-state index in [1.165, 1.54) is 43.4 Å². The number of para-hydroxylation sites is 2. The van der Waals surface area contributed by atoms with Gasteiger partial charge in [-0.05, 0) is 67.4 Å². The molecule has 9 nitrogen and oxygen atoms in total. The summed E-state index contributed by atoms with van der Waals surface area (Å²) in [4.78, 5) is 28.5. The van der Waals surface area contributed by atoms with Crippen molar-refractivity contribution in [2.75, 3.05) is 31.6 Å². The van der Waals surface area contributed by atoms with Gasteiger partial charge in [-0.3, -0.25) is 13.9 Å². The zero-order valence-corrected chi connectivity index (χ0v) is 25.6. The number of halogens is 2. The standard InChI is InChI=1S/C29H33Cl2N3O6S/c1-5-25(29(36)32-6-2)33(18-20-11-12-21(30)17-24(20)31)28(35)19-34(26-9-7-8-10-27(26)40-4)41(37,38)23-15-13-22(39-3)14-16-23/h7-17,25H,5-6,18-19H2,1-4H3,(H,32,36). The molecule has 3 aromatic carbocycles. The van der Waals surface area contributed by atoms with Crippen molar-refractivity contribution in [2.45, 2.75) is 37.8 Å². The van der Waals surface area contributed by atoms with Crippen LogP contribution in [-0.4, -0.2) is 58.5 Å². The van der Waals surface area contributed by atoms with Crippen LogP contribution in [-0.2, 0) is 26.2 Å². The molecule has 0 aliphatic carbocycles. The van der Waals surface area contributed by atoms with Gasteiger partial charge in [0.25, 0.3) is 10.0 Å². The minimum absolute atomic E-state index is 0.0488.